The van der Waals surface area contributed by atoms with E-state index in [9.17, 15) is 9.18 Å². The first-order valence-corrected chi connectivity index (χ1v) is 12.3. The van der Waals surface area contributed by atoms with Gasteiger partial charge in [-0.3, -0.25) is 4.79 Å². The minimum Gasteiger partial charge on any atom is -0.383 e. The van der Waals surface area contributed by atoms with Crippen molar-refractivity contribution in [3.8, 4) is 22.3 Å². The Hall–Kier alpha value is -3.36. The number of methoxy groups -OCH3 is 1. The number of nitrogens with zero attached hydrogens (tertiary/aromatic N) is 2. The molecule has 3 heterocycles. The van der Waals surface area contributed by atoms with Crippen molar-refractivity contribution in [3.63, 3.8) is 0 Å². The summed E-state index contributed by atoms with van der Waals surface area (Å²) in [6, 6.07) is 14.1. The van der Waals surface area contributed by atoms with Crippen molar-refractivity contribution in [1.29, 1.82) is 0 Å². The average molecular weight is 493 g/mol. The van der Waals surface area contributed by atoms with E-state index in [1.54, 1.807) is 49.6 Å². The number of piperidine rings is 1. The van der Waals surface area contributed by atoms with Crippen LogP contribution in [-0.2, 0) is 16.8 Å². The predicted octanol–water partition coefficient (Wildman–Crippen LogP) is 4.33. The summed E-state index contributed by atoms with van der Waals surface area (Å²) in [4.78, 5) is 18.2. The Balaban J connectivity index is 1.40. The van der Waals surface area contributed by atoms with Gasteiger partial charge in [0.05, 0.1) is 6.61 Å². The molecule has 0 unspecified atom stereocenters. The normalized spacial score (nSPS) is 17.5. The molecule has 0 saturated carbocycles. The average Bonchev–Trinajstić information content (AvgIpc) is 2.89. The molecular formula is C28H30F2N4O2. The third-order valence-electron chi connectivity index (χ3n) is 7.32. The fourth-order valence-electron chi connectivity index (χ4n) is 5.12. The van der Waals surface area contributed by atoms with E-state index in [1.165, 1.54) is 0 Å². The topological polar surface area (TPSA) is 80.5 Å². The van der Waals surface area contributed by atoms with Crippen molar-refractivity contribution in [2.75, 3.05) is 45.6 Å². The van der Waals surface area contributed by atoms with Gasteiger partial charge in [0.1, 0.15) is 11.5 Å². The minimum absolute atomic E-state index is 0.0797. The summed E-state index contributed by atoms with van der Waals surface area (Å²) in [5.41, 5.74) is 9.12. The molecule has 1 fully saturated rings. The number of carbonyl (C=O) groups excluding carboxylic acids is 1. The van der Waals surface area contributed by atoms with E-state index in [1.807, 2.05) is 6.07 Å². The van der Waals surface area contributed by atoms with Gasteiger partial charge in [0.15, 0.2) is 0 Å². The SMILES string of the molecule is COCCN1CCC(F)(c2ccc(-c3cc(-c4ccc5c(c4)CCNC5=O)c(N)nc3F)cc2)CC1. The van der Waals surface area contributed by atoms with Crippen LogP contribution in [0.1, 0.15) is 34.3 Å². The van der Waals surface area contributed by atoms with Gasteiger partial charge < -0.3 is 20.7 Å². The Morgan fingerprint density at radius 2 is 1.78 bits per heavy atom. The van der Waals surface area contributed by atoms with Gasteiger partial charge in [-0.1, -0.05) is 36.4 Å². The maximum Gasteiger partial charge on any atom is 0.251 e. The van der Waals surface area contributed by atoms with Crippen LogP contribution >= 0.6 is 0 Å². The highest BCUT2D eigenvalue weighted by molar-refractivity contribution is 5.97. The molecule has 0 aliphatic carbocycles. The molecule has 1 amide bonds. The van der Waals surface area contributed by atoms with Crippen molar-refractivity contribution < 1.29 is 18.3 Å². The molecule has 2 aliphatic heterocycles. The lowest BCUT2D eigenvalue weighted by Crippen LogP contribution is -2.41. The number of anilines is 1. The number of carbonyl (C=O) groups is 1. The van der Waals surface area contributed by atoms with Crippen molar-refractivity contribution in [2.24, 2.45) is 0 Å². The standard InChI is InChI=1S/C28H30F2N4O2/c1-36-15-14-34-12-9-28(30,10-13-34)21-5-2-18(3-6-21)23-17-24(26(31)33-25(23)29)19-4-7-22-20(16-19)8-11-32-27(22)35/h2-7,16-17H,8-15H2,1H3,(H2,31,33)(H,32,35). The molecule has 2 aliphatic rings. The lowest BCUT2D eigenvalue weighted by molar-refractivity contribution is 0.0434. The van der Waals surface area contributed by atoms with E-state index in [-0.39, 0.29) is 11.7 Å². The van der Waals surface area contributed by atoms with Crippen LogP contribution in [0.15, 0.2) is 48.5 Å². The van der Waals surface area contributed by atoms with Gasteiger partial charge in [0.2, 0.25) is 5.95 Å². The lowest BCUT2D eigenvalue weighted by atomic mass is 9.85. The number of amides is 1. The zero-order chi connectivity index (χ0) is 25.3. The van der Waals surface area contributed by atoms with E-state index in [0.717, 1.165) is 17.7 Å². The zero-order valence-electron chi connectivity index (χ0n) is 20.3. The van der Waals surface area contributed by atoms with Gasteiger partial charge in [-0.2, -0.15) is 4.39 Å². The Kier molecular flexibility index (Phi) is 6.73. The van der Waals surface area contributed by atoms with Crippen LogP contribution in [0.5, 0.6) is 0 Å². The molecule has 0 spiro atoms. The highest BCUT2D eigenvalue weighted by Crippen LogP contribution is 2.39. The molecule has 3 N–H and O–H groups in total. The fraction of sp³-hybridized carbons (Fsp3) is 0.357. The van der Waals surface area contributed by atoms with Gasteiger partial charge in [0.25, 0.3) is 5.91 Å². The summed E-state index contributed by atoms with van der Waals surface area (Å²) in [6.07, 6.45) is 1.54. The van der Waals surface area contributed by atoms with Crippen LogP contribution in [0.4, 0.5) is 14.6 Å². The van der Waals surface area contributed by atoms with Crippen LogP contribution < -0.4 is 11.1 Å². The molecule has 36 heavy (non-hydrogen) atoms. The number of halogens is 2. The van der Waals surface area contributed by atoms with Crippen LogP contribution in [0.3, 0.4) is 0 Å². The molecule has 188 valence electrons. The van der Waals surface area contributed by atoms with E-state index in [4.69, 9.17) is 10.5 Å². The summed E-state index contributed by atoms with van der Waals surface area (Å²) < 4.78 is 35.8. The Morgan fingerprint density at radius 3 is 2.50 bits per heavy atom. The van der Waals surface area contributed by atoms with Crippen molar-refractivity contribution in [2.45, 2.75) is 24.9 Å². The maximum absolute atomic E-state index is 15.7. The number of nitrogens with two attached hydrogens (primary N) is 1. The number of aromatic nitrogens is 1. The second-order valence-electron chi connectivity index (χ2n) is 9.51. The Bertz CT molecular complexity index is 1270. The van der Waals surface area contributed by atoms with E-state index >= 15 is 4.39 Å². The molecule has 0 bridgehead atoms. The second kappa shape index (κ2) is 9.95. The third-order valence-corrected chi connectivity index (χ3v) is 7.32. The van der Waals surface area contributed by atoms with Gasteiger partial charge in [0, 0.05) is 50.0 Å². The smallest absolute Gasteiger partial charge is 0.251 e. The molecule has 8 heteroatoms. The van der Waals surface area contributed by atoms with Crippen molar-refractivity contribution in [3.05, 3.63) is 71.2 Å². The summed E-state index contributed by atoms with van der Waals surface area (Å²) in [5.74, 6) is -0.696. The predicted molar refractivity (Wildman–Crippen MR) is 136 cm³/mol. The molecule has 0 radical (unpaired) electrons. The molecule has 2 aromatic carbocycles. The first-order valence-electron chi connectivity index (χ1n) is 12.3. The summed E-state index contributed by atoms with van der Waals surface area (Å²) in [7, 11) is 1.67. The first-order chi connectivity index (χ1) is 17.4. The van der Waals surface area contributed by atoms with Crippen molar-refractivity contribution in [1.82, 2.24) is 15.2 Å². The second-order valence-corrected chi connectivity index (χ2v) is 9.51. The van der Waals surface area contributed by atoms with E-state index in [0.29, 0.717) is 73.3 Å². The highest BCUT2D eigenvalue weighted by Gasteiger charge is 2.36. The van der Waals surface area contributed by atoms with Gasteiger partial charge >= 0.3 is 0 Å². The number of alkyl halides is 1. The lowest BCUT2D eigenvalue weighted by Gasteiger charge is -2.36. The molecule has 6 nitrogen and oxygen atoms in total. The summed E-state index contributed by atoms with van der Waals surface area (Å²) in [5, 5.41) is 2.83. The minimum atomic E-state index is -1.40. The molecule has 5 rings (SSSR count). The number of pyridine rings is 1. The van der Waals surface area contributed by atoms with Gasteiger partial charge in [-0.25, -0.2) is 9.37 Å². The number of rotatable bonds is 6. The number of ether oxygens (including phenoxy) is 1. The monoisotopic (exact) mass is 492 g/mol. The number of likely N-dealkylation sites (tertiary alicyclic amines) is 1. The first kappa shape index (κ1) is 24.3. The molecular weight excluding hydrogens is 462 g/mol. The number of hydrogen-bond acceptors (Lipinski definition) is 5. The largest absolute Gasteiger partial charge is 0.383 e. The van der Waals surface area contributed by atoms with Crippen LogP contribution in [0.2, 0.25) is 0 Å². The maximum atomic E-state index is 15.7. The van der Waals surface area contributed by atoms with Gasteiger partial charge in [-0.05, 0) is 53.6 Å². The van der Waals surface area contributed by atoms with Crippen molar-refractivity contribution >= 4 is 11.7 Å². The molecule has 3 aromatic rings. The van der Waals surface area contributed by atoms with E-state index in [2.05, 4.69) is 15.2 Å². The third kappa shape index (κ3) is 4.70. The molecule has 0 atom stereocenters. The van der Waals surface area contributed by atoms with Crippen LogP contribution in [0, 0.1) is 5.95 Å². The van der Waals surface area contributed by atoms with E-state index < -0.39 is 11.6 Å². The van der Waals surface area contributed by atoms with Gasteiger partial charge in [-0.15, -0.1) is 0 Å². The summed E-state index contributed by atoms with van der Waals surface area (Å²) >= 11 is 0. The number of fused-ring (bicyclic) bond motifs is 1. The fourth-order valence-corrected chi connectivity index (χ4v) is 5.12. The number of benzene rings is 2. The number of nitrogen functional groups attached to an aromatic ring is 1. The summed E-state index contributed by atoms with van der Waals surface area (Å²) in [6.45, 7) is 3.35. The molecule has 1 aromatic heterocycles. The Morgan fingerprint density at radius 1 is 1.06 bits per heavy atom. The quantitative estimate of drug-likeness (QED) is 0.501. The Labute approximate surface area is 209 Å². The zero-order valence-corrected chi connectivity index (χ0v) is 20.3. The van der Waals surface area contributed by atoms with Crippen LogP contribution in [-0.4, -0.2) is 55.7 Å². The molecule has 1 saturated heterocycles. The number of nitrogens with one attached hydrogen (secondary N) is 1. The number of hydrogen-bond donors (Lipinski definition) is 2. The van der Waals surface area contributed by atoms with Crippen LogP contribution in [0.25, 0.3) is 22.3 Å². The highest BCUT2D eigenvalue weighted by atomic mass is 19.1.